The highest BCUT2D eigenvalue weighted by Crippen LogP contribution is 2.40. The molecule has 4 rings (SSSR count). The maximum Gasteiger partial charge on any atom is 0.438 e. The number of halogens is 3. The molecular formula is C19H20F3N3O2. The van der Waals surface area contributed by atoms with Gasteiger partial charge in [0.2, 0.25) is 0 Å². The monoisotopic (exact) mass is 379 g/mol. The van der Waals surface area contributed by atoms with Gasteiger partial charge >= 0.3 is 6.18 Å². The SMILES string of the molecule is CC1=NN(C(=O)Cn2c3c(c4ccccc42)CCCC3)[C@](O)(C(F)(F)F)C1. The van der Waals surface area contributed by atoms with Gasteiger partial charge in [-0.05, 0) is 44.2 Å². The molecule has 27 heavy (non-hydrogen) atoms. The Hall–Kier alpha value is -2.35. The lowest BCUT2D eigenvalue weighted by Crippen LogP contribution is -2.57. The quantitative estimate of drug-likeness (QED) is 0.870. The first-order chi connectivity index (χ1) is 12.7. The van der Waals surface area contributed by atoms with E-state index in [0.717, 1.165) is 47.8 Å². The number of nitrogens with zero attached hydrogens (tertiary/aromatic N) is 3. The molecule has 144 valence electrons. The number of aromatic nitrogens is 1. The van der Waals surface area contributed by atoms with Gasteiger partial charge in [-0.25, -0.2) is 0 Å². The number of aryl methyl sites for hydroxylation is 1. The van der Waals surface area contributed by atoms with Crippen LogP contribution in [-0.4, -0.2) is 38.2 Å². The molecule has 0 fully saturated rings. The minimum absolute atomic E-state index is 0.0718. The molecular weight excluding hydrogens is 359 g/mol. The van der Waals surface area contributed by atoms with Crippen molar-refractivity contribution >= 4 is 22.5 Å². The maximum absolute atomic E-state index is 13.4. The maximum atomic E-state index is 13.4. The Bertz CT molecular complexity index is 948. The molecule has 8 heteroatoms. The third kappa shape index (κ3) is 2.74. The first-order valence-corrected chi connectivity index (χ1v) is 8.97. The fourth-order valence-electron chi connectivity index (χ4n) is 4.17. The van der Waals surface area contributed by atoms with Gasteiger partial charge < -0.3 is 9.67 Å². The van der Waals surface area contributed by atoms with Crippen LogP contribution in [0.5, 0.6) is 0 Å². The smallest absolute Gasteiger partial charge is 0.362 e. The number of aliphatic hydroxyl groups is 1. The molecule has 0 bridgehead atoms. The number of rotatable bonds is 2. The number of carbonyl (C=O) groups excluding carboxylic acids is 1. The number of hydrogen-bond acceptors (Lipinski definition) is 3. The Kier molecular flexibility index (Phi) is 4.06. The molecule has 0 saturated heterocycles. The van der Waals surface area contributed by atoms with E-state index in [0.29, 0.717) is 0 Å². The fraction of sp³-hybridized carbons (Fsp3) is 0.474. The lowest BCUT2D eigenvalue weighted by atomic mass is 9.95. The summed E-state index contributed by atoms with van der Waals surface area (Å²) in [5, 5.41) is 15.1. The molecule has 2 aromatic rings. The topological polar surface area (TPSA) is 57.8 Å². The Morgan fingerprint density at radius 3 is 2.70 bits per heavy atom. The van der Waals surface area contributed by atoms with Crippen molar-refractivity contribution in [2.24, 2.45) is 5.10 Å². The van der Waals surface area contributed by atoms with Crippen LogP contribution in [0, 0.1) is 0 Å². The van der Waals surface area contributed by atoms with Crippen molar-refractivity contribution in [3.63, 3.8) is 0 Å². The molecule has 1 atom stereocenters. The highest BCUT2D eigenvalue weighted by molar-refractivity contribution is 5.91. The highest BCUT2D eigenvalue weighted by atomic mass is 19.4. The van der Waals surface area contributed by atoms with E-state index in [1.165, 1.54) is 6.92 Å². The number of carbonyl (C=O) groups is 1. The van der Waals surface area contributed by atoms with Crippen molar-refractivity contribution in [3.8, 4) is 0 Å². The van der Waals surface area contributed by atoms with Crippen LogP contribution in [-0.2, 0) is 24.2 Å². The lowest BCUT2D eigenvalue weighted by molar-refractivity contribution is -0.302. The number of amides is 1. The molecule has 1 aromatic heterocycles. The Morgan fingerprint density at radius 2 is 1.96 bits per heavy atom. The minimum atomic E-state index is -4.98. The normalized spacial score (nSPS) is 22.9. The van der Waals surface area contributed by atoms with Crippen LogP contribution in [0.25, 0.3) is 10.9 Å². The summed E-state index contributed by atoms with van der Waals surface area (Å²) in [7, 11) is 0. The van der Waals surface area contributed by atoms with Crippen LogP contribution in [0.15, 0.2) is 29.4 Å². The molecule has 0 spiro atoms. The van der Waals surface area contributed by atoms with Gasteiger partial charge in [-0.15, -0.1) is 0 Å². The van der Waals surface area contributed by atoms with E-state index < -0.39 is 24.2 Å². The molecule has 1 aliphatic heterocycles. The Labute approximate surface area is 154 Å². The van der Waals surface area contributed by atoms with Crippen molar-refractivity contribution in [1.82, 2.24) is 9.58 Å². The summed E-state index contributed by atoms with van der Waals surface area (Å²) >= 11 is 0. The lowest BCUT2D eigenvalue weighted by Gasteiger charge is -2.33. The number of alkyl halides is 3. The van der Waals surface area contributed by atoms with E-state index in [1.54, 1.807) is 4.57 Å². The minimum Gasteiger partial charge on any atom is -0.362 e. The summed E-state index contributed by atoms with van der Waals surface area (Å²) in [5.41, 5.74) is -0.226. The largest absolute Gasteiger partial charge is 0.438 e. The zero-order valence-electron chi connectivity index (χ0n) is 14.9. The van der Waals surface area contributed by atoms with Gasteiger partial charge in [0.05, 0.1) is 0 Å². The van der Waals surface area contributed by atoms with Crippen LogP contribution in [0.2, 0.25) is 0 Å². The molecule has 0 radical (unpaired) electrons. The van der Waals surface area contributed by atoms with Crippen molar-refractivity contribution in [3.05, 3.63) is 35.5 Å². The summed E-state index contributed by atoms with van der Waals surface area (Å²) in [5.74, 6) is -0.874. The van der Waals surface area contributed by atoms with Gasteiger partial charge in [0, 0.05) is 28.7 Å². The summed E-state index contributed by atoms with van der Waals surface area (Å²) in [4.78, 5) is 12.8. The van der Waals surface area contributed by atoms with Gasteiger partial charge in [-0.3, -0.25) is 4.79 Å². The third-order valence-corrected chi connectivity index (χ3v) is 5.39. The van der Waals surface area contributed by atoms with E-state index in [-0.39, 0.29) is 17.3 Å². The molecule has 1 amide bonds. The number of hydrogen-bond donors (Lipinski definition) is 1. The van der Waals surface area contributed by atoms with Crippen molar-refractivity contribution in [1.29, 1.82) is 0 Å². The van der Waals surface area contributed by atoms with Gasteiger partial charge in [-0.1, -0.05) is 18.2 Å². The first-order valence-electron chi connectivity index (χ1n) is 8.97. The van der Waals surface area contributed by atoms with E-state index in [1.807, 2.05) is 24.3 Å². The molecule has 0 unspecified atom stereocenters. The molecule has 1 aliphatic carbocycles. The molecule has 2 heterocycles. The Morgan fingerprint density at radius 1 is 1.26 bits per heavy atom. The van der Waals surface area contributed by atoms with Crippen molar-refractivity contribution < 1.29 is 23.1 Å². The average Bonchev–Trinajstić information content (AvgIpc) is 3.11. The van der Waals surface area contributed by atoms with Crippen LogP contribution >= 0.6 is 0 Å². The Balaban J connectivity index is 1.74. The highest BCUT2D eigenvalue weighted by Gasteiger charge is 2.62. The van der Waals surface area contributed by atoms with Gasteiger partial charge in [0.1, 0.15) is 6.54 Å². The summed E-state index contributed by atoms with van der Waals surface area (Å²) < 4.78 is 42.0. The first kappa shape index (κ1) is 18.0. The van der Waals surface area contributed by atoms with Gasteiger partial charge in [0.15, 0.2) is 0 Å². The zero-order valence-corrected chi connectivity index (χ0v) is 14.9. The second kappa shape index (κ2) is 6.09. The van der Waals surface area contributed by atoms with Crippen LogP contribution < -0.4 is 0 Å². The van der Waals surface area contributed by atoms with Crippen LogP contribution in [0.3, 0.4) is 0 Å². The number of hydrazone groups is 1. The summed E-state index contributed by atoms with van der Waals surface area (Å²) in [6.45, 7) is 1.09. The van der Waals surface area contributed by atoms with E-state index in [2.05, 4.69) is 5.10 Å². The van der Waals surface area contributed by atoms with Crippen molar-refractivity contribution in [2.45, 2.75) is 57.5 Å². The van der Waals surface area contributed by atoms with Crippen molar-refractivity contribution in [2.75, 3.05) is 0 Å². The second-order valence-electron chi connectivity index (χ2n) is 7.27. The van der Waals surface area contributed by atoms with Crippen LogP contribution in [0.1, 0.15) is 37.4 Å². The molecule has 0 saturated carbocycles. The van der Waals surface area contributed by atoms with Gasteiger partial charge in [-0.2, -0.15) is 23.3 Å². The molecule has 1 N–H and O–H groups in total. The standard InChI is InChI=1S/C19H20F3N3O2/c1-12-10-18(27,19(20,21)22)25(23-12)17(26)11-24-15-8-4-2-6-13(15)14-7-3-5-9-16(14)24/h2,4,6,8,27H,3,5,7,9-11H2,1H3/t18-/m1/s1. The number of fused-ring (bicyclic) bond motifs is 3. The third-order valence-electron chi connectivity index (χ3n) is 5.39. The second-order valence-corrected chi connectivity index (χ2v) is 7.27. The van der Waals surface area contributed by atoms with Crippen LogP contribution in [0.4, 0.5) is 13.2 Å². The summed E-state index contributed by atoms with van der Waals surface area (Å²) in [6, 6.07) is 7.61. The number of benzene rings is 1. The van der Waals surface area contributed by atoms with E-state index in [9.17, 15) is 23.1 Å². The molecule has 2 aliphatic rings. The fourth-order valence-corrected chi connectivity index (χ4v) is 4.17. The predicted octanol–water partition coefficient (Wildman–Crippen LogP) is 3.38. The molecule has 1 aromatic carbocycles. The van der Waals surface area contributed by atoms with E-state index >= 15 is 0 Å². The molecule has 5 nitrogen and oxygen atoms in total. The zero-order chi connectivity index (χ0) is 19.4. The predicted molar refractivity (Wildman–Crippen MR) is 94.2 cm³/mol. The average molecular weight is 379 g/mol. The van der Waals surface area contributed by atoms with E-state index in [4.69, 9.17) is 0 Å². The number of para-hydroxylation sites is 1. The van der Waals surface area contributed by atoms with Gasteiger partial charge in [0.25, 0.3) is 11.6 Å². The summed E-state index contributed by atoms with van der Waals surface area (Å²) in [6.07, 6.45) is -2.01.